The Morgan fingerprint density at radius 2 is 1.58 bits per heavy atom. The SMILES string of the molecule is Cc1cccc(CN(C(=O)CN(c2ccccc2F)S(=O)(=O)c2ccccc2)[C@H](C)C(=O)NCC(C)C)c1. The van der Waals surface area contributed by atoms with E-state index in [1.807, 2.05) is 45.0 Å². The number of sulfonamides is 1. The van der Waals surface area contributed by atoms with Crippen molar-refractivity contribution in [1.82, 2.24) is 10.2 Å². The van der Waals surface area contributed by atoms with Crippen LogP contribution in [-0.4, -0.2) is 44.3 Å². The van der Waals surface area contributed by atoms with Crippen molar-refractivity contribution in [3.63, 3.8) is 0 Å². The number of hydrogen-bond donors (Lipinski definition) is 1. The molecule has 0 heterocycles. The van der Waals surface area contributed by atoms with Gasteiger partial charge in [-0.25, -0.2) is 12.8 Å². The standard InChI is InChI=1S/C29H34FN3O4S/c1-21(2)18-31-29(35)23(4)32(19-24-12-10-11-22(3)17-24)28(34)20-33(27-16-9-8-15-26(27)30)38(36,37)25-13-6-5-7-14-25/h5-17,21,23H,18-20H2,1-4H3,(H,31,35)/t23-/m1/s1. The lowest BCUT2D eigenvalue weighted by Crippen LogP contribution is -2.51. The molecule has 0 aliphatic heterocycles. The lowest BCUT2D eigenvalue weighted by atomic mass is 10.1. The number of halogens is 1. The van der Waals surface area contributed by atoms with E-state index in [-0.39, 0.29) is 29.0 Å². The van der Waals surface area contributed by atoms with Crippen molar-refractivity contribution in [3.8, 4) is 0 Å². The molecular weight excluding hydrogens is 505 g/mol. The van der Waals surface area contributed by atoms with Crippen LogP contribution in [0.2, 0.25) is 0 Å². The Morgan fingerprint density at radius 1 is 0.921 bits per heavy atom. The number of nitrogens with one attached hydrogen (secondary N) is 1. The number of rotatable bonds is 11. The van der Waals surface area contributed by atoms with E-state index in [9.17, 15) is 22.4 Å². The number of anilines is 1. The minimum absolute atomic E-state index is 0.0767. The predicted molar refractivity (Wildman–Crippen MR) is 146 cm³/mol. The average Bonchev–Trinajstić information content (AvgIpc) is 2.89. The largest absolute Gasteiger partial charge is 0.354 e. The zero-order valence-corrected chi connectivity index (χ0v) is 22.9. The molecule has 1 N–H and O–H groups in total. The Labute approximate surface area is 224 Å². The third-order valence-electron chi connectivity index (χ3n) is 6.02. The van der Waals surface area contributed by atoms with Crippen molar-refractivity contribution in [1.29, 1.82) is 0 Å². The summed E-state index contributed by atoms with van der Waals surface area (Å²) in [6.07, 6.45) is 0. The fraction of sp³-hybridized carbons (Fsp3) is 0.310. The van der Waals surface area contributed by atoms with Crippen LogP contribution in [0.1, 0.15) is 31.9 Å². The maximum atomic E-state index is 14.9. The van der Waals surface area contributed by atoms with Crippen molar-refractivity contribution in [2.24, 2.45) is 5.92 Å². The number of carbonyl (C=O) groups excluding carboxylic acids is 2. The van der Waals surface area contributed by atoms with E-state index in [1.165, 1.54) is 35.2 Å². The van der Waals surface area contributed by atoms with Crippen LogP contribution in [0.25, 0.3) is 0 Å². The third-order valence-corrected chi connectivity index (χ3v) is 7.79. The minimum Gasteiger partial charge on any atom is -0.354 e. The molecule has 7 nitrogen and oxygen atoms in total. The summed E-state index contributed by atoms with van der Waals surface area (Å²) in [5, 5.41) is 2.84. The highest BCUT2D eigenvalue weighted by molar-refractivity contribution is 7.92. The van der Waals surface area contributed by atoms with Gasteiger partial charge in [0.25, 0.3) is 10.0 Å². The topological polar surface area (TPSA) is 86.8 Å². The van der Waals surface area contributed by atoms with Crippen LogP contribution in [-0.2, 0) is 26.2 Å². The molecule has 0 radical (unpaired) electrons. The quantitative estimate of drug-likeness (QED) is 0.388. The minimum atomic E-state index is -4.31. The van der Waals surface area contributed by atoms with Gasteiger partial charge in [-0.05, 0) is 49.6 Å². The maximum absolute atomic E-state index is 14.9. The highest BCUT2D eigenvalue weighted by Crippen LogP contribution is 2.27. The maximum Gasteiger partial charge on any atom is 0.264 e. The van der Waals surface area contributed by atoms with Crippen LogP contribution in [0.4, 0.5) is 10.1 Å². The first kappa shape index (κ1) is 28.8. The first-order valence-electron chi connectivity index (χ1n) is 12.5. The molecule has 3 aromatic carbocycles. The van der Waals surface area contributed by atoms with Gasteiger partial charge in [0.05, 0.1) is 10.6 Å². The summed E-state index contributed by atoms with van der Waals surface area (Å²) >= 11 is 0. The molecule has 0 fully saturated rings. The molecule has 1 atom stereocenters. The molecule has 0 aromatic heterocycles. The number of amides is 2. The van der Waals surface area contributed by atoms with Gasteiger partial charge in [-0.15, -0.1) is 0 Å². The molecule has 0 aliphatic carbocycles. The molecular formula is C29H34FN3O4S. The van der Waals surface area contributed by atoms with Crippen molar-refractivity contribution in [2.45, 2.75) is 45.2 Å². The Hall–Kier alpha value is -3.72. The monoisotopic (exact) mass is 539 g/mol. The zero-order valence-electron chi connectivity index (χ0n) is 22.1. The Balaban J connectivity index is 2.01. The van der Waals surface area contributed by atoms with Gasteiger partial charge in [0.15, 0.2) is 0 Å². The van der Waals surface area contributed by atoms with E-state index in [0.717, 1.165) is 21.5 Å². The normalized spacial score (nSPS) is 12.2. The molecule has 9 heteroatoms. The van der Waals surface area contributed by atoms with E-state index in [4.69, 9.17) is 0 Å². The fourth-order valence-corrected chi connectivity index (χ4v) is 5.37. The molecule has 0 unspecified atom stereocenters. The summed E-state index contributed by atoms with van der Waals surface area (Å²) in [6.45, 7) is 7.25. The molecule has 0 spiro atoms. The molecule has 0 bridgehead atoms. The van der Waals surface area contributed by atoms with Gasteiger partial charge in [0, 0.05) is 13.1 Å². The summed E-state index contributed by atoms with van der Waals surface area (Å²) in [5.74, 6) is -1.57. The molecule has 202 valence electrons. The molecule has 38 heavy (non-hydrogen) atoms. The van der Waals surface area contributed by atoms with Gasteiger partial charge < -0.3 is 10.2 Å². The fourth-order valence-electron chi connectivity index (χ4n) is 3.93. The summed E-state index contributed by atoms with van der Waals surface area (Å²) in [6, 6.07) is 19.6. The van der Waals surface area contributed by atoms with Crippen molar-refractivity contribution in [2.75, 3.05) is 17.4 Å². The first-order chi connectivity index (χ1) is 18.0. The van der Waals surface area contributed by atoms with Crippen molar-refractivity contribution >= 4 is 27.5 Å². The Kier molecular flexibility index (Phi) is 9.63. The van der Waals surface area contributed by atoms with Gasteiger partial charge in [-0.3, -0.25) is 13.9 Å². The smallest absolute Gasteiger partial charge is 0.264 e. The summed E-state index contributed by atoms with van der Waals surface area (Å²) in [7, 11) is -4.31. The predicted octanol–water partition coefficient (Wildman–Crippen LogP) is 4.52. The van der Waals surface area contributed by atoms with Crippen LogP contribution in [0, 0.1) is 18.7 Å². The lowest BCUT2D eigenvalue weighted by molar-refractivity contribution is -0.139. The lowest BCUT2D eigenvalue weighted by Gasteiger charge is -2.32. The van der Waals surface area contributed by atoms with Crippen LogP contribution in [0.3, 0.4) is 0 Å². The van der Waals surface area contributed by atoms with Crippen LogP contribution < -0.4 is 9.62 Å². The molecule has 0 saturated carbocycles. The van der Waals surface area contributed by atoms with E-state index >= 15 is 0 Å². The molecule has 0 aliphatic rings. The summed E-state index contributed by atoms with van der Waals surface area (Å²) < 4.78 is 42.9. The molecule has 3 rings (SSSR count). The van der Waals surface area contributed by atoms with Crippen LogP contribution in [0.15, 0.2) is 83.8 Å². The number of benzene rings is 3. The highest BCUT2D eigenvalue weighted by atomic mass is 32.2. The molecule has 0 saturated heterocycles. The first-order valence-corrected chi connectivity index (χ1v) is 13.9. The van der Waals surface area contributed by atoms with Gasteiger partial charge in [-0.1, -0.05) is 74.0 Å². The van der Waals surface area contributed by atoms with E-state index in [2.05, 4.69) is 5.32 Å². The van der Waals surface area contributed by atoms with E-state index in [1.54, 1.807) is 25.1 Å². The molecule has 3 aromatic rings. The van der Waals surface area contributed by atoms with Gasteiger partial charge >= 0.3 is 0 Å². The zero-order chi connectivity index (χ0) is 27.9. The van der Waals surface area contributed by atoms with E-state index < -0.39 is 34.3 Å². The summed E-state index contributed by atoms with van der Waals surface area (Å²) in [5.41, 5.74) is 1.51. The van der Waals surface area contributed by atoms with Crippen molar-refractivity contribution < 1.29 is 22.4 Å². The number of aryl methyl sites for hydroxylation is 1. The highest BCUT2D eigenvalue weighted by Gasteiger charge is 2.33. The second-order valence-electron chi connectivity index (χ2n) is 9.60. The van der Waals surface area contributed by atoms with Gasteiger partial charge in [0.1, 0.15) is 18.4 Å². The number of para-hydroxylation sites is 1. The number of carbonyl (C=O) groups is 2. The average molecular weight is 540 g/mol. The number of nitrogens with zero attached hydrogens (tertiary/aromatic N) is 2. The Morgan fingerprint density at radius 3 is 2.21 bits per heavy atom. The molecule has 2 amide bonds. The van der Waals surface area contributed by atoms with Crippen molar-refractivity contribution in [3.05, 3.63) is 95.8 Å². The number of hydrogen-bond acceptors (Lipinski definition) is 4. The van der Waals surface area contributed by atoms with Gasteiger partial charge in [0.2, 0.25) is 11.8 Å². The Bertz CT molecular complexity index is 1360. The van der Waals surface area contributed by atoms with Crippen LogP contribution >= 0.6 is 0 Å². The van der Waals surface area contributed by atoms with E-state index in [0.29, 0.717) is 6.54 Å². The summed E-state index contributed by atoms with van der Waals surface area (Å²) in [4.78, 5) is 28.0. The van der Waals surface area contributed by atoms with Gasteiger partial charge in [-0.2, -0.15) is 0 Å². The second-order valence-corrected chi connectivity index (χ2v) is 11.5. The van der Waals surface area contributed by atoms with Crippen LogP contribution in [0.5, 0.6) is 0 Å². The second kappa shape index (κ2) is 12.7. The third kappa shape index (κ3) is 7.19.